The summed E-state index contributed by atoms with van der Waals surface area (Å²) in [5.74, 6) is -1.26. The molecule has 1 saturated heterocycles. The summed E-state index contributed by atoms with van der Waals surface area (Å²) in [6.45, 7) is 5.86. The lowest BCUT2D eigenvalue weighted by molar-refractivity contribution is -0.0113. The Morgan fingerprint density at radius 3 is 2.69 bits per heavy atom. The van der Waals surface area contributed by atoms with Crippen molar-refractivity contribution >= 4 is 23.1 Å². The van der Waals surface area contributed by atoms with Gasteiger partial charge in [0.05, 0.1) is 11.6 Å². The summed E-state index contributed by atoms with van der Waals surface area (Å²) in [5.41, 5.74) is 4.78. The number of aromatic nitrogens is 2. The van der Waals surface area contributed by atoms with Crippen LogP contribution in [-0.2, 0) is 4.74 Å². The van der Waals surface area contributed by atoms with E-state index in [1.54, 1.807) is 4.90 Å². The highest BCUT2D eigenvalue weighted by molar-refractivity contribution is 5.78. The number of benzene rings is 1. The number of nitrogens with zero attached hydrogens (tertiary/aromatic N) is 2. The predicted molar refractivity (Wildman–Crippen MR) is 90.6 cm³/mol. The fourth-order valence-electron chi connectivity index (χ4n) is 3.58. The zero-order valence-corrected chi connectivity index (χ0v) is 14.7. The number of carbonyl (C=O) groups is 1. The van der Waals surface area contributed by atoms with Crippen molar-refractivity contribution in [2.24, 2.45) is 11.1 Å². The number of rotatable bonds is 2. The summed E-state index contributed by atoms with van der Waals surface area (Å²) in [7, 11) is 0. The van der Waals surface area contributed by atoms with Gasteiger partial charge in [0.1, 0.15) is 17.5 Å². The number of nitrogens with one attached hydrogen (secondary N) is 1. The number of fused-ring (bicyclic) bond motifs is 1. The van der Waals surface area contributed by atoms with Crippen LogP contribution in [0.15, 0.2) is 12.1 Å². The van der Waals surface area contributed by atoms with Crippen molar-refractivity contribution in [2.45, 2.75) is 45.5 Å². The lowest BCUT2D eigenvalue weighted by Crippen LogP contribution is -2.61. The second-order valence-electron chi connectivity index (χ2n) is 7.55. The number of nitrogens with two attached hydrogens (primary N) is 1. The molecule has 0 aliphatic carbocycles. The minimum Gasteiger partial charge on any atom is -0.441 e. The molecule has 1 aromatic heterocycles. The second-order valence-corrected chi connectivity index (χ2v) is 7.55. The van der Waals surface area contributed by atoms with Gasteiger partial charge in [-0.05, 0) is 17.9 Å². The number of H-pyrrole nitrogens is 1. The van der Waals surface area contributed by atoms with Crippen LogP contribution >= 0.6 is 0 Å². The quantitative estimate of drug-likeness (QED) is 0.850. The van der Waals surface area contributed by atoms with Gasteiger partial charge in [-0.2, -0.15) is 0 Å². The molecule has 2 aromatic rings. The largest absolute Gasteiger partial charge is 0.441 e. The highest BCUT2D eigenvalue weighted by atomic mass is 19.1. The third kappa shape index (κ3) is 3.30. The molecule has 3 N–H and O–H groups in total. The Kier molecular flexibility index (Phi) is 4.49. The first kappa shape index (κ1) is 18.3. The van der Waals surface area contributed by atoms with Gasteiger partial charge in [-0.15, -0.1) is 0 Å². The van der Waals surface area contributed by atoms with Crippen molar-refractivity contribution in [1.82, 2.24) is 9.97 Å². The summed E-state index contributed by atoms with van der Waals surface area (Å²) < 4.78 is 47.0. The van der Waals surface area contributed by atoms with E-state index >= 15 is 0 Å². The van der Waals surface area contributed by atoms with Crippen molar-refractivity contribution in [3.63, 3.8) is 0 Å². The Labute approximate surface area is 148 Å². The highest BCUT2D eigenvalue weighted by Crippen LogP contribution is 2.37. The number of piperidine rings is 1. The Morgan fingerprint density at radius 2 is 2.08 bits per heavy atom. The van der Waals surface area contributed by atoms with Gasteiger partial charge in [-0.3, -0.25) is 0 Å². The molecule has 1 aliphatic rings. The molecule has 0 radical (unpaired) electrons. The van der Waals surface area contributed by atoms with Crippen molar-refractivity contribution in [3.05, 3.63) is 23.8 Å². The number of ether oxygens (including phenoxy) is 1. The SMILES string of the molecule is CC(C)(C)C1[C@@H](OC(N)=O)[C@H](F)CCN1c1nc2c(F)cc(F)cc2[nH]1. The van der Waals surface area contributed by atoms with Crippen molar-refractivity contribution in [3.8, 4) is 0 Å². The number of amides is 1. The molecular weight excluding hydrogens is 349 g/mol. The maximum absolute atomic E-state index is 14.5. The number of anilines is 1. The van der Waals surface area contributed by atoms with E-state index in [0.717, 1.165) is 12.1 Å². The molecule has 1 aromatic carbocycles. The van der Waals surface area contributed by atoms with Gasteiger partial charge in [0.25, 0.3) is 0 Å². The monoisotopic (exact) mass is 370 g/mol. The van der Waals surface area contributed by atoms with E-state index in [4.69, 9.17) is 10.5 Å². The number of imidazole rings is 1. The molecule has 1 amide bonds. The van der Waals surface area contributed by atoms with Crippen LogP contribution in [0.25, 0.3) is 11.0 Å². The number of aromatic amines is 1. The Bertz CT molecular complexity index is 833. The first-order valence-corrected chi connectivity index (χ1v) is 8.29. The lowest BCUT2D eigenvalue weighted by atomic mass is 9.78. The van der Waals surface area contributed by atoms with E-state index in [9.17, 15) is 18.0 Å². The van der Waals surface area contributed by atoms with E-state index in [-0.39, 0.29) is 29.9 Å². The highest BCUT2D eigenvalue weighted by Gasteiger charge is 2.47. The van der Waals surface area contributed by atoms with Gasteiger partial charge in [0, 0.05) is 12.6 Å². The molecule has 0 spiro atoms. The fraction of sp³-hybridized carbons (Fsp3) is 0.529. The Hall–Kier alpha value is -2.45. The van der Waals surface area contributed by atoms with E-state index in [1.165, 1.54) is 0 Å². The maximum atomic E-state index is 14.5. The molecule has 1 unspecified atom stereocenters. The van der Waals surface area contributed by atoms with Gasteiger partial charge in [0.2, 0.25) is 5.95 Å². The molecule has 6 nitrogen and oxygen atoms in total. The van der Waals surface area contributed by atoms with Crippen LogP contribution in [0.5, 0.6) is 0 Å². The van der Waals surface area contributed by atoms with E-state index < -0.39 is 41.5 Å². The maximum Gasteiger partial charge on any atom is 0.404 e. The van der Waals surface area contributed by atoms with Gasteiger partial charge in [-0.25, -0.2) is 22.9 Å². The molecule has 9 heteroatoms. The molecule has 0 saturated carbocycles. The smallest absolute Gasteiger partial charge is 0.404 e. The normalized spacial score (nSPS) is 24.1. The lowest BCUT2D eigenvalue weighted by Gasteiger charge is -2.48. The Balaban J connectivity index is 2.06. The minimum absolute atomic E-state index is 0.0104. The number of hydrogen-bond donors (Lipinski definition) is 2. The van der Waals surface area contributed by atoms with Gasteiger partial charge < -0.3 is 20.4 Å². The fourth-order valence-corrected chi connectivity index (χ4v) is 3.58. The van der Waals surface area contributed by atoms with Crippen LogP contribution in [0, 0.1) is 17.0 Å². The summed E-state index contributed by atoms with van der Waals surface area (Å²) in [4.78, 5) is 20.1. The van der Waals surface area contributed by atoms with Crippen LogP contribution in [-0.4, -0.2) is 40.9 Å². The van der Waals surface area contributed by atoms with Gasteiger partial charge in [0.15, 0.2) is 11.9 Å². The summed E-state index contributed by atoms with van der Waals surface area (Å²) in [6, 6.07) is 1.29. The molecule has 142 valence electrons. The average molecular weight is 370 g/mol. The summed E-state index contributed by atoms with van der Waals surface area (Å²) >= 11 is 0. The summed E-state index contributed by atoms with van der Waals surface area (Å²) in [5, 5.41) is 0. The molecule has 3 atom stereocenters. The van der Waals surface area contributed by atoms with Crippen molar-refractivity contribution < 1.29 is 22.7 Å². The third-order valence-corrected chi connectivity index (χ3v) is 4.55. The van der Waals surface area contributed by atoms with E-state index in [1.807, 2.05) is 20.8 Å². The molecular formula is C17H21F3N4O2. The van der Waals surface area contributed by atoms with Crippen LogP contribution in [0.1, 0.15) is 27.2 Å². The van der Waals surface area contributed by atoms with Crippen LogP contribution in [0.2, 0.25) is 0 Å². The first-order chi connectivity index (χ1) is 12.1. The number of hydrogen-bond acceptors (Lipinski definition) is 4. The second kappa shape index (κ2) is 6.37. The third-order valence-electron chi connectivity index (χ3n) is 4.55. The molecule has 1 aliphatic heterocycles. The van der Waals surface area contributed by atoms with Crippen LogP contribution in [0.4, 0.5) is 23.9 Å². The predicted octanol–water partition coefficient (Wildman–Crippen LogP) is 3.27. The molecule has 2 heterocycles. The standard InChI is InChI=1S/C17H21F3N4O2/c1-17(2,3)14-13(26-15(21)25)9(19)4-5-24(14)16-22-11-7-8(18)6-10(20)12(11)23-16/h6-7,9,13-14H,4-5H2,1-3H3,(H2,21,25)(H,22,23)/t9-,13+,14?/m1/s1. The molecule has 3 rings (SSSR count). The van der Waals surface area contributed by atoms with Crippen LogP contribution in [0.3, 0.4) is 0 Å². The zero-order valence-electron chi connectivity index (χ0n) is 14.7. The first-order valence-electron chi connectivity index (χ1n) is 8.29. The zero-order chi connectivity index (χ0) is 19.2. The van der Waals surface area contributed by atoms with Gasteiger partial charge >= 0.3 is 6.09 Å². The summed E-state index contributed by atoms with van der Waals surface area (Å²) in [6.07, 6.45) is -3.47. The van der Waals surface area contributed by atoms with E-state index in [2.05, 4.69) is 9.97 Å². The van der Waals surface area contributed by atoms with Crippen molar-refractivity contribution in [1.29, 1.82) is 0 Å². The number of halogens is 3. The topological polar surface area (TPSA) is 84.2 Å². The number of alkyl halides is 1. The van der Waals surface area contributed by atoms with Crippen LogP contribution < -0.4 is 10.6 Å². The molecule has 26 heavy (non-hydrogen) atoms. The molecule has 0 bridgehead atoms. The van der Waals surface area contributed by atoms with Gasteiger partial charge in [-0.1, -0.05) is 20.8 Å². The van der Waals surface area contributed by atoms with Crippen molar-refractivity contribution in [2.75, 3.05) is 11.4 Å². The molecule has 1 fully saturated rings. The number of carbonyl (C=O) groups excluding carboxylic acids is 1. The number of primary amides is 1. The minimum atomic E-state index is -1.39. The van der Waals surface area contributed by atoms with E-state index in [0.29, 0.717) is 0 Å². The Morgan fingerprint density at radius 1 is 1.38 bits per heavy atom. The average Bonchev–Trinajstić information content (AvgIpc) is 2.91.